The second-order valence-corrected chi connectivity index (χ2v) is 5.53. The number of hydrogen-bond acceptors (Lipinski definition) is 7. The molecule has 0 atom stereocenters. The molecule has 1 heterocycles. The number of nitrogens with zero attached hydrogens (tertiary/aromatic N) is 3. The van der Waals surface area contributed by atoms with Gasteiger partial charge in [0.1, 0.15) is 5.82 Å². The first kappa shape index (κ1) is 17.6. The van der Waals surface area contributed by atoms with Gasteiger partial charge in [0.05, 0.1) is 10.6 Å². The highest BCUT2D eigenvalue weighted by Crippen LogP contribution is 2.19. The van der Waals surface area contributed by atoms with E-state index in [9.17, 15) is 9.18 Å². The summed E-state index contributed by atoms with van der Waals surface area (Å²) in [6.45, 7) is -0.247. The number of esters is 1. The van der Waals surface area contributed by atoms with Gasteiger partial charge in [-0.05, 0) is 30.3 Å². The number of nitrogen functional groups attached to an aromatic ring is 1. The van der Waals surface area contributed by atoms with Gasteiger partial charge >= 0.3 is 5.97 Å². The molecule has 9 heteroatoms. The number of carbonyl (C=O) groups is 1. The third-order valence-corrected chi connectivity index (χ3v) is 3.53. The molecule has 0 unspecified atom stereocenters. The summed E-state index contributed by atoms with van der Waals surface area (Å²) in [5.74, 6) is -0.929. The Morgan fingerprint density at radius 1 is 1.15 bits per heavy atom. The van der Waals surface area contributed by atoms with Crippen LogP contribution in [0, 0.1) is 5.82 Å². The van der Waals surface area contributed by atoms with Crippen molar-refractivity contribution in [3.63, 3.8) is 0 Å². The molecule has 0 radical (unpaired) electrons. The van der Waals surface area contributed by atoms with Crippen molar-refractivity contribution in [2.75, 3.05) is 11.1 Å². The van der Waals surface area contributed by atoms with E-state index >= 15 is 0 Å². The van der Waals surface area contributed by atoms with Crippen molar-refractivity contribution in [3.05, 3.63) is 70.8 Å². The first-order valence-corrected chi connectivity index (χ1v) is 7.84. The van der Waals surface area contributed by atoms with Crippen LogP contribution < -0.4 is 11.1 Å². The van der Waals surface area contributed by atoms with Crippen molar-refractivity contribution in [2.45, 2.75) is 6.61 Å². The standard InChI is InChI=1S/C17H13ClFN5O2/c18-13-8-10(19)6-7-12(13)15(25)26-9-14-22-16(20)24-17(23-14)21-11-4-2-1-3-5-11/h1-8H,9H2,(H3,20,21,22,23,24). The lowest BCUT2D eigenvalue weighted by Gasteiger charge is -2.08. The normalized spacial score (nSPS) is 10.4. The second kappa shape index (κ2) is 7.75. The van der Waals surface area contributed by atoms with Crippen LogP contribution in [-0.2, 0) is 11.3 Å². The smallest absolute Gasteiger partial charge is 0.340 e. The van der Waals surface area contributed by atoms with Gasteiger partial charge in [0.15, 0.2) is 12.4 Å². The molecule has 0 aliphatic heterocycles. The first-order chi connectivity index (χ1) is 12.5. The van der Waals surface area contributed by atoms with Gasteiger partial charge in [-0.15, -0.1) is 0 Å². The van der Waals surface area contributed by atoms with Crippen LogP contribution in [-0.4, -0.2) is 20.9 Å². The molecule has 3 N–H and O–H groups in total. The van der Waals surface area contributed by atoms with Gasteiger partial charge in [-0.1, -0.05) is 29.8 Å². The fourth-order valence-electron chi connectivity index (χ4n) is 2.07. The number of anilines is 3. The Kier molecular flexibility index (Phi) is 5.23. The quantitative estimate of drug-likeness (QED) is 0.661. The molecule has 0 bridgehead atoms. The van der Waals surface area contributed by atoms with Gasteiger partial charge in [-0.25, -0.2) is 9.18 Å². The number of para-hydroxylation sites is 1. The van der Waals surface area contributed by atoms with Crippen LogP contribution in [0.3, 0.4) is 0 Å². The molecule has 0 spiro atoms. The Labute approximate surface area is 153 Å². The molecule has 0 aliphatic carbocycles. The molecule has 0 fully saturated rings. The van der Waals surface area contributed by atoms with E-state index in [1.54, 1.807) is 0 Å². The zero-order valence-corrected chi connectivity index (χ0v) is 14.1. The molecule has 7 nitrogen and oxygen atoms in total. The van der Waals surface area contributed by atoms with Crippen LogP contribution in [0.15, 0.2) is 48.5 Å². The molecular weight excluding hydrogens is 361 g/mol. The Balaban J connectivity index is 1.70. The van der Waals surface area contributed by atoms with Gasteiger partial charge in [0.25, 0.3) is 0 Å². The molecule has 26 heavy (non-hydrogen) atoms. The van der Waals surface area contributed by atoms with Gasteiger partial charge in [-0.3, -0.25) is 0 Å². The first-order valence-electron chi connectivity index (χ1n) is 7.46. The second-order valence-electron chi connectivity index (χ2n) is 5.12. The highest BCUT2D eigenvalue weighted by atomic mass is 35.5. The third-order valence-electron chi connectivity index (χ3n) is 3.21. The topological polar surface area (TPSA) is 103 Å². The number of halogens is 2. The molecule has 132 valence electrons. The number of benzene rings is 2. The minimum atomic E-state index is -0.730. The van der Waals surface area contributed by atoms with Crippen LogP contribution in [0.2, 0.25) is 5.02 Å². The lowest BCUT2D eigenvalue weighted by Crippen LogP contribution is -2.11. The van der Waals surface area contributed by atoms with Crippen LogP contribution in [0.4, 0.5) is 22.0 Å². The lowest BCUT2D eigenvalue weighted by molar-refractivity contribution is 0.0462. The third kappa shape index (κ3) is 4.42. The van der Waals surface area contributed by atoms with E-state index in [0.29, 0.717) is 0 Å². The minimum absolute atomic E-state index is 0.0238. The van der Waals surface area contributed by atoms with Gasteiger partial charge in [0.2, 0.25) is 11.9 Å². The van der Waals surface area contributed by atoms with Crippen molar-refractivity contribution in [3.8, 4) is 0 Å². The largest absolute Gasteiger partial charge is 0.454 e. The van der Waals surface area contributed by atoms with Gasteiger partial charge in [0, 0.05) is 5.69 Å². The Bertz CT molecular complexity index is 940. The van der Waals surface area contributed by atoms with E-state index in [0.717, 1.165) is 17.8 Å². The maximum atomic E-state index is 13.0. The minimum Gasteiger partial charge on any atom is -0.454 e. The zero-order chi connectivity index (χ0) is 18.5. The SMILES string of the molecule is Nc1nc(COC(=O)c2ccc(F)cc2Cl)nc(Nc2ccccc2)n1. The molecule has 1 aromatic heterocycles. The number of carbonyl (C=O) groups excluding carboxylic acids is 1. The van der Waals surface area contributed by atoms with Crippen LogP contribution in [0.1, 0.15) is 16.2 Å². The number of nitrogens with one attached hydrogen (secondary N) is 1. The van der Waals surface area contributed by atoms with Crippen molar-refractivity contribution >= 4 is 35.2 Å². The fourth-order valence-corrected chi connectivity index (χ4v) is 2.32. The van der Waals surface area contributed by atoms with E-state index in [-0.39, 0.29) is 34.9 Å². The summed E-state index contributed by atoms with van der Waals surface area (Å²) < 4.78 is 18.2. The Morgan fingerprint density at radius 3 is 2.65 bits per heavy atom. The van der Waals surface area contributed by atoms with E-state index in [4.69, 9.17) is 22.1 Å². The predicted molar refractivity (Wildman–Crippen MR) is 94.5 cm³/mol. The van der Waals surface area contributed by atoms with E-state index < -0.39 is 11.8 Å². The molecule has 0 amide bonds. The number of ether oxygens (including phenoxy) is 1. The lowest BCUT2D eigenvalue weighted by atomic mass is 10.2. The van der Waals surface area contributed by atoms with Crippen molar-refractivity contribution in [2.24, 2.45) is 0 Å². The average molecular weight is 374 g/mol. The molecule has 0 aliphatic rings. The highest BCUT2D eigenvalue weighted by molar-refractivity contribution is 6.33. The van der Waals surface area contributed by atoms with Crippen molar-refractivity contribution in [1.82, 2.24) is 15.0 Å². The molecule has 3 aromatic rings. The number of nitrogens with two attached hydrogens (primary N) is 1. The molecule has 3 rings (SSSR count). The number of hydrogen-bond donors (Lipinski definition) is 2. The number of aromatic nitrogens is 3. The fraction of sp³-hybridized carbons (Fsp3) is 0.0588. The summed E-state index contributed by atoms with van der Waals surface area (Å²) in [7, 11) is 0. The highest BCUT2D eigenvalue weighted by Gasteiger charge is 2.14. The van der Waals surface area contributed by atoms with E-state index in [1.807, 2.05) is 30.3 Å². The van der Waals surface area contributed by atoms with Gasteiger partial charge in [-0.2, -0.15) is 15.0 Å². The van der Waals surface area contributed by atoms with Gasteiger partial charge < -0.3 is 15.8 Å². The summed E-state index contributed by atoms with van der Waals surface area (Å²) in [6, 6.07) is 12.6. The van der Waals surface area contributed by atoms with E-state index in [1.165, 1.54) is 6.07 Å². The molecule has 0 saturated heterocycles. The molecule has 2 aromatic carbocycles. The zero-order valence-electron chi connectivity index (χ0n) is 13.3. The Hall–Kier alpha value is -3.26. The van der Waals surface area contributed by atoms with Crippen molar-refractivity contribution < 1.29 is 13.9 Å². The van der Waals surface area contributed by atoms with Crippen LogP contribution in [0.25, 0.3) is 0 Å². The Morgan fingerprint density at radius 2 is 1.92 bits per heavy atom. The molecule has 0 saturated carbocycles. The maximum absolute atomic E-state index is 13.0. The number of rotatable bonds is 5. The predicted octanol–water partition coefficient (Wildman–Crippen LogP) is 3.35. The summed E-state index contributed by atoms with van der Waals surface area (Å²) in [5.41, 5.74) is 6.47. The maximum Gasteiger partial charge on any atom is 0.340 e. The summed E-state index contributed by atoms with van der Waals surface area (Å²) in [5, 5.41) is 2.93. The van der Waals surface area contributed by atoms with Crippen LogP contribution >= 0.6 is 11.6 Å². The summed E-state index contributed by atoms with van der Waals surface area (Å²) >= 11 is 5.83. The van der Waals surface area contributed by atoms with E-state index in [2.05, 4.69) is 20.3 Å². The van der Waals surface area contributed by atoms with Crippen molar-refractivity contribution in [1.29, 1.82) is 0 Å². The molecular formula is C17H13ClFN5O2. The van der Waals surface area contributed by atoms with Crippen LogP contribution in [0.5, 0.6) is 0 Å². The average Bonchev–Trinajstić information content (AvgIpc) is 2.60. The summed E-state index contributed by atoms with van der Waals surface area (Å²) in [4.78, 5) is 24.1. The summed E-state index contributed by atoms with van der Waals surface area (Å²) in [6.07, 6.45) is 0. The monoisotopic (exact) mass is 373 g/mol.